The molecule has 0 spiro atoms. The molecule has 0 aliphatic rings. The number of carbonyl (C=O) groups excluding carboxylic acids is 1. The van der Waals surface area contributed by atoms with E-state index in [1.165, 1.54) is 0 Å². The van der Waals surface area contributed by atoms with Crippen LogP contribution >= 0.6 is 0 Å². The van der Waals surface area contributed by atoms with Gasteiger partial charge in [0.1, 0.15) is 5.69 Å². The molecule has 1 aromatic heterocycles. The van der Waals surface area contributed by atoms with Gasteiger partial charge in [-0.3, -0.25) is 9.59 Å². The van der Waals surface area contributed by atoms with Crippen molar-refractivity contribution in [3.8, 4) is 11.3 Å². The van der Waals surface area contributed by atoms with Crippen LogP contribution in [0.5, 0.6) is 0 Å². The molecule has 0 bridgehead atoms. The number of nitrogens with zero attached hydrogens (tertiary/aromatic N) is 2. The van der Waals surface area contributed by atoms with Crippen molar-refractivity contribution in [2.75, 3.05) is 6.54 Å². The maximum atomic E-state index is 13.0. The first-order chi connectivity index (χ1) is 13.0. The van der Waals surface area contributed by atoms with Crippen LogP contribution in [0.25, 0.3) is 22.3 Å². The van der Waals surface area contributed by atoms with Crippen molar-refractivity contribution in [2.45, 2.75) is 33.7 Å². The molecule has 1 N–H and O–H groups in total. The number of hydrogen-bond acceptors (Lipinski definition) is 3. The van der Waals surface area contributed by atoms with Gasteiger partial charge in [0.2, 0.25) is 0 Å². The number of benzene rings is 2. The lowest BCUT2D eigenvalue weighted by atomic mass is 10.1. The molecule has 0 radical (unpaired) electrons. The molecule has 5 nitrogen and oxygen atoms in total. The van der Waals surface area contributed by atoms with Gasteiger partial charge >= 0.3 is 0 Å². The lowest BCUT2D eigenvalue weighted by Gasteiger charge is -2.12. The van der Waals surface area contributed by atoms with E-state index in [1.54, 1.807) is 28.8 Å². The van der Waals surface area contributed by atoms with Crippen LogP contribution in [-0.2, 0) is 6.54 Å². The maximum absolute atomic E-state index is 13.0. The predicted octanol–water partition coefficient (Wildman–Crippen LogP) is 3.86. The van der Waals surface area contributed by atoms with Crippen molar-refractivity contribution in [1.82, 2.24) is 14.9 Å². The Morgan fingerprint density at radius 2 is 1.81 bits per heavy atom. The summed E-state index contributed by atoms with van der Waals surface area (Å²) >= 11 is 0. The summed E-state index contributed by atoms with van der Waals surface area (Å²) in [5, 5.41) is 2.90. The largest absolute Gasteiger partial charge is 0.352 e. The second-order valence-corrected chi connectivity index (χ2v) is 7.09. The molecule has 27 heavy (non-hydrogen) atoms. The number of amides is 1. The number of rotatable bonds is 6. The van der Waals surface area contributed by atoms with Gasteiger partial charge in [-0.15, -0.1) is 0 Å². The van der Waals surface area contributed by atoms with Crippen molar-refractivity contribution in [3.63, 3.8) is 0 Å². The van der Waals surface area contributed by atoms with Crippen LogP contribution in [0.1, 0.15) is 37.6 Å². The first kappa shape index (κ1) is 18.8. The number of aromatic nitrogens is 2. The standard InChI is InChI=1S/C22H25N3O2/c1-4-13-25-19-8-6-5-7-18(19)24-20(22(25)27)16-9-11-17(12-10-16)21(26)23-14-15(2)3/h5-12,15H,4,13-14H2,1-3H3,(H,23,26). The molecule has 3 aromatic rings. The summed E-state index contributed by atoms with van der Waals surface area (Å²) in [6, 6.07) is 14.7. The topological polar surface area (TPSA) is 64.0 Å². The third-order valence-electron chi connectivity index (χ3n) is 4.39. The van der Waals surface area contributed by atoms with E-state index in [9.17, 15) is 9.59 Å². The molecule has 0 fully saturated rings. The molecule has 2 aromatic carbocycles. The van der Waals surface area contributed by atoms with Gasteiger partial charge in [0.05, 0.1) is 11.0 Å². The van der Waals surface area contributed by atoms with Crippen molar-refractivity contribution in [2.24, 2.45) is 5.92 Å². The van der Waals surface area contributed by atoms with Gasteiger partial charge in [-0.05, 0) is 36.6 Å². The van der Waals surface area contributed by atoms with Crippen LogP contribution in [0.3, 0.4) is 0 Å². The molecular weight excluding hydrogens is 338 g/mol. The van der Waals surface area contributed by atoms with Crippen molar-refractivity contribution in [1.29, 1.82) is 0 Å². The Morgan fingerprint density at radius 3 is 2.48 bits per heavy atom. The summed E-state index contributed by atoms with van der Waals surface area (Å²) in [7, 11) is 0. The number of aryl methyl sites for hydroxylation is 1. The highest BCUT2D eigenvalue weighted by Gasteiger charge is 2.13. The average molecular weight is 363 g/mol. The molecule has 3 rings (SSSR count). The Kier molecular flexibility index (Phi) is 5.69. The quantitative estimate of drug-likeness (QED) is 0.723. The first-order valence-electron chi connectivity index (χ1n) is 9.39. The van der Waals surface area contributed by atoms with Gasteiger partial charge in [-0.2, -0.15) is 0 Å². The Morgan fingerprint density at radius 1 is 1.11 bits per heavy atom. The molecule has 1 amide bonds. The van der Waals surface area contributed by atoms with Crippen molar-refractivity contribution >= 4 is 16.9 Å². The summed E-state index contributed by atoms with van der Waals surface area (Å²) in [5.41, 5.74) is 3.24. The number of fused-ring (bicyclic) bond motifs is 1. The van der Waals surface area contributed by atoms with E-state index in [0.717, 1.165) is 23.0 Å². The van der Waals surface area contributed by atoms with E-state index in [-0.39, 0.29) is 11.5 Å². The average Bonchev–Trinajstić information content (AvgIpc) is 2.68. The molecule has 0 saturated carbocycles. The predicted molar refractivity (Wildman–Crippen MR) is 109 cm³/mol. The van der Waals surface area contributed by atoms with E-state index in [1.807, 2.05) is 31.2 Å². The number of para-hydroxylation sites is 2. The molecule has 1 heterocycles. The monoisotopic (exact) mass is 363 g/mol. The second kappa shape index (κ2) is 8.16. The summed E-state index contributed by atoms with van der Waals surface area (Å²) in [6.07, 6.45) is 0.863. The highest BCUT2D eigenvalue weighted by Crippen LogP contribution is 2.18. The molecule has 0 saturated heterocycles. The van der Waals surface area contributed by atoms with Gasteiger partial charge in [0, 0.05) is 24.2 Å². The smallest absolute Gasteiger partial charge is 0.277 e. The van der Waals surface area contributed by atoms with E-state index in [0.29, 0.717) is 30.3 Å². The molecule has 0 aliphatic heterocycles. The van der Waals surface area contributed by atoms with Gasteiger partial charge in [-0.1, -0.05) is 45.0 Å². The minimum absolute atomic E-state index is 0.104. The third kappa shape index (κ3) is 4.08. The van der Waals surface area contributed by atoms with Gasteiger partial charge in [-0.25, -0.2) is 4.98 Å². The minimum Gasteiger partial charge on any atom is -0.352 e. The zero-order valence-corrected chi connectivity index (χ0v) is 16.0. The Hall–Kier alpha value is -2.95. The normalized spacial score (nSPS) is 11.1. The van der Waals surface area contributed by atoms with Gasteiger partial charge in [0.15, 0.2) is 0 Å². The zero-order valence-electron chi connectivity index (χ0n) is 16.0. The molecule has 0 unspecified atom stereocenters. The lowest BCUT2D eigenvalue weighted by Crippen LogP contribution is -2.27. The molecule has 0 aliphatic carbocycles. The minimum atomic E-state index is -0.106. The Balaban J connectivity index is 1.99. The second-order valence-electron chi connectivity index (χ2n) is 7.09. The summed E-state index contributed by atoms with van der Waals surface area (Å²) < 4.78 is 1.78. The van der Waals surface area contributed by atoms with E-state index >= 15 is 0 Å². The Bertz CT molecular complexity index is 1000. The number of carbonyl (C=O) groups is 1. The van der Waals surface area contributed by atoms with Crippen molar-refractivity contribution < 1.29 is 4.79 Å². The zero-order chi connectivity index (χ0) is 19.4. The summed E-state index contributed by atoms with van der Waals surface area (Å²) in [4.78, 5) is 29.8. The van der Waals surface area contributed by atoms with Crippen LogP contribution in [-0.4, -0.2) is 22.0 Å². The lowest BCUT2D eigenvalue weighted by molar-refractivity contribution is 0.0949. The molecule has 0 atom stereocenters. The van der Waals surface area contributed by atoms with Crippen molar-refractivity contribution in [3.05, 3.63) is 64.4 Å². The summed E-state index contributed by atoms with van der Waals surface area (Å²) in [5.74, 6) is 0.289. The SMILES string of the molecule is CCCn1c(=O)c(-c2ccc(C(=O)NCC(C)C)cc2)nc2ccccc21. The fraction of sp³-hybridized carbons (Fsp3) is 0.318. The third-order valence-corrected chi connectivity index (χ3v) is 4.39. The van der Waals surface area contributed by atoms with Crippen LogP contribution in [0.2, 0.25) is 0 Å². The van der Waals surface area contributed by atoms with E-state index < -0.39 is 0 Å². The van der Waals surface area contributed by atoms with Crippen LogP contribution in [0, 0.1) is 5.92 Å². The molecule has 140 valence electrons. The van der Waals surface area contributed by atoms with Gasteiger partial charge < -0.3 is 9.88 Å². The number of nitrogens with one attached hydrogen (secondary N) is 1. The van der Waals surface area contributed by atoms with E-state index in [4.69, 9.17) is 0 Å². The van der Waals surface area contributed by atoms with Crippen LogP contribution in [0.4, 0.5) is 0 Å². The van der Waals surface area contributed by atoms with Crippen LogP contribution < -0.4 is 10.9 Å². The molecule has 5 heteroatoms. The maximum Gasteiger partial charge on any atom is 0.277 e. The number of hydrogen-bond donors (Lipinski definition) is 1. The fourth-order valence-corrected chi connectivity index (χ4v) is 3.00. The Labute approximate surface area is 159 Å². The highest BCUT2D eigenvalue weighted by atomic mass is 16.1. The van der Waals surface area contributed by atoms with E-state index in [2.05, 4.69) is 24.1 Å². The first-order valence-corrected chi connectivity index (χ1v) is 9.39. The fourth-order valence-electron chi connectivity index (χ4n) is 3.00. The van der Waals surface area contributed by atoms with Gasteiger partial charge in [0.25, 0.3) is 11.5 Å². The highest BCUT2D eigenvalue weighted by molar-refractivity contribution is 5.94. The van der Waals surface area contributed by atoms with Crippen LogP contribution in [0.15, 0.2) is 53.3 Å². The summed E-state index contributed by atoms with van der Waals surface area (Å²) in [6.45, 7) is 7.43. The molecular formula is C22H25N3O2.